The summed E-state index contributed by atoms with van der Waals surface area (Å²) in [7, 11) is 3.17. The van der Waals surface area contributed by atoms with E-state index in [9.17, 15) is 4.79 Å². The second-order valence-corrected chi connectivity index (χ2v) is 6.19. The van der Waals surface area contributed by atoms with E-state index in [1.807, 2.05) is 54.0 Å². The van der Waals surface area contributed by atoms with Gasteiger partial charge in [0.05, 0.1) is 19.9 Å². The number of aromatic nitrogens is 2. The number of pyridine rings is 1. The number of carbonyl (C=O) groups is 1. The lowest BCUT2D eigenvalue weighted by Gasteiger charge is -2.07. The van der Waals surface area contributed by atoms with Gasteiger partial charge in [-0.2, -0.15) is 0 Å². The second kappa shape index (κ2) is 8.40. The molecule has 3 aromatic rings. The van der Waals surface area contributed by atoms with Crippen molar-refractivity contribution in [1.82, 2.24) is 14.7 Å². The monoisotopic (exact) mass is 365 g/mol. The molecule has 0 aliphatic rings. The molecule has 0 saturated heterocycles. The highest BCUT2D eigenvalue weighted by Crippen LogP contribution is 2.27. The zero-order chi connectivity index (χ0) is 19.2. The van der Waals surface area contributed by atoms with E-state index in [2.05, 4.69) is 10.3 Å². The first kappa shape index (κ1) is 18.5. The Morgan fingerprint density at radius 3 is 2.78 bits per heavy atom. The lowest BCUT2D eigenvalue weighted by molar-refractivity contribution is -0.116. The molecule has 1 N–H and O–H groups in total. The number of rotatable bonds is 7. The van der Waals surface area contributed by atoms with Crippen molar-refractivity contribution in [3.63, 3.8) is 0 Å². The van der Waals surface area contributed by atoms with E-state index in [0.717, 1.165) is 16.9 Å². The van der Waals surface area contributed by atoms with Crippen LogP contribution < -0.4 is 14.8 Å². The van der Waals surface area contributed by atoms with Crippen LogP contribution in [0, 0.1) is 6.92 Å². The van der Waals surface area contributed by atoms with Gasteiger partial charge in [0.15, 0.2) is 11.5 Å². The maximum Gasteiger partial charge on any atom is 0.244 e. The number of aryl methyl sites for hydroxylation is 1. The van der Waals surface area contributed by atoms with Crippen molar-refractivity contribution < 1.29 is 14.3 Å². The number of methoxy groups -OCH3 is 2. The SMILES string of the molecule is COc1ccc(/C=C/C(=O)NCCc2cn3ccc(C)cc3n2)cc1OC. The van der Waals surface area contributed by atoms with Crippen molar-refractivity contribution in [3.05, 3.63) is 65.6 Å². The molecule has 0 unspecified atom stereocenters. The van der Waals surface area contributed by atoms with Crippen LogP contribution in [0.15, 0.2) is 48.8 Å². The lowest BCUT2D eigenvalue weighted by atomic mass is 10.2. The van der Waals surface area contributed by atoms with Gasteiger partial charge in [-0.3, -0.25) is 4.79 Å². The van der Waals surface area contributed by atoms with Crippen LogP contribution in [-0.4, -0.2) is 36.1 Å². The van der Waals surface area contributed by atoms with Crippen molar-refractivity contribution in [3.8, 4) is 11.5 Å². The first-order valence-electron chi connectivity index (χ1n) is 8.71. The minimum Gasteiger partial charge on any atom is -0.493 e. The Morgan fingerprint density at radius 2 is 2.00 bits per heavy atom. The van der Waals surface area contributed by atoms with Gasteiger partial charge in [-0.15, -0.1) is 0 Å². The van der Waals surface area contributed by atoms with Gasteiger partial charge in [0.25, 0.3) is 0 Å². The van der Waals surface area contributed by atoms with Crippen molar-refractivity contribution in [1.29, 1.82) is 0 Å². The third-order valence-corrected chi connectivity index (χ3v) is 4.18. The number of ether oxygens (including phenoxy) is 2. The van der Waals surface area contributed by atoms with E-state index >= 15 is 0 Å². The third-order valence-electron chi connectivity index (χ3n) is 4.18. The average Bonchev–Trinajstić information content (AvgIpc) is 3.07. The second-order valence-electron chi connectivity index (χ2n) is 6.19. The Morgan fingerprint density at radius 1 is 1.19 bits per heavy atom. The Hall–Kier alpha value is -3.28. The fraction of sp³-hybridized carbons (Fsp3) is 0.238. The molecule has 2 heterocycles. The van der Waals surface area contributed by atoms with Gasteiger partial charge in [-0.05, 0) is 48.4 Å². The van der Waals surface area contributed by atoms with Gasteiger partial charge in [0.2, 0.25) is 5.91 Å². The van der Waals surface area contributed by atoms with Crippen molar-refractivity contribution in [2.75, 3.05) is 20.8 Å². The van der Waals surface area contributed by atoms with Crippen LogP contribution in [0.25, 0.3) is 11.7 Å². The van der Waals surface area contributed by atoms with Gasteiger partial charge in [-0.1, -0.05) is 6.07 Å². The average molecular weight is 365 g/mol. The summed E-state index contributed by atoms with van der Waals surface area (Å²) in [5.41, 5.74) is 3.90. The molecular weight excluding hydrogens is 342 g/mol. The molecule has 0 saturated carbocycles. The van der Waals surface area contributed by atoms with Crippen molar-refractivity contribution in [2.45, 2.75) is 13.3 Å². The topological polar surface area (TPSA) is 64.9 Å². The quantitative estimate of drug-likeness (QED) is 0.654. The summed E-state index contributed by atoms with van der Waals surface area (Å²) in [6, 6.07) is 9.57. The van der Waals surface area contributed by atoms with Gasteiger partial charge in [-0.25, -0.2) is 4.98 Å². The molecule has 1 amide bonds. The molecule has 0 radical (unpaired) electrons. The molecular formula is C21H23N3O3. The zero-order valence-corrected chi connectivity index (χ0v) is 15.7. The van der Waals surface area contributed by atoms with Gasteiger partial charge < -0.3 is 19.2 Å². The molecule has 27 heavy (non-hydrogen) atoms. The Labute approximate surface area is 158 Å². The lowest BCUT2D eigenvalue weighted by Crippen LogP contribution is -2.23. The highest BCUT2D eigenvalue weighted by molar-refractivity contribution is 5.91. The molecule has 0 atom stereocenters. The van der Waals surface area contributed by atoms with E-state index in [-0.39, 0.29) is 5.91 Å². The number of fused-ring (bicyclic) bond motifs is 1. The van der Waals surface area contributed by atoms with Crippen molar-refractivity contribution >= 4 is 17.6 Å². The summed E-state index contributed by atoms with van der Waals surface area (Å²) < 4.78 is 12.5. The van der Waals surface area contributed by atoms with Crippen LogP contribution in [0.3, 0.4) is 0 Å². The van der Waals surface area contributed by atoms with E-state index in [1.54, 1.807) is 20.3 Å². The molecule has 0 fully saturated rings. The molecule has 3 rings (SSSR count). The fourth-order valence-electron chi connectivity index (χ4n) is 2.76. The predicted molar refractivity (Wildman–Crippen MR) is 105 cm³/mol. The number of hydrogen-bond donors (Lipinski definition) is 1. The molecule has 0 spiro atoms. The van der Waals surface area contributed by atoms with Gasteiger partial charge in [0.1, 0.15) is 5.65 Å². The molecule has 1 aromatic carbocycles. The Balaban J connectivity index is 1.53. The van der Waals surface area contributed by atoms with Gasteiger partial charge >= 0.3 is 0 Å². The fourth-order valence-corrected chi connectivity index (χ4v) is 2.76. The van der Waals surface area contributed by atoms with Crippen LogP contribution in [0.1, 0.15) is 16.8 Å². The summed E-state index contributed by atoms with van der Waals surface area (Å²) in [5.74, 6) is 1.13. The van der Waals surface area contributed by atoms with E-state index < -0.39 is 0 Å². The first-order chi connectivity index (χ1) is 13.1. The van der Waals surface area contributed by atoms with E-state index in [1.165, 1.54) is 11.6 Å². The van der Waals surface area contributed by atoms with Crippen LogP contribution in [-0.2, 0) is 11.2 Å². The molecule has 0 aliphatic heterocycles. The molecule has 0 aliphatic carbocycles. The Bertz CT molecular complexity index is 976. The number of hydrogen-bond acceptors (Lipinski definition) is 4. The number of carbonyl (C=O) groups excluding carboxylic acids is 1. The zero-order valence-electron chi connectivity index (χ0n) is 15.7. The number of imidazole rings is 1. The molecule has 6 heteroatoms. The number of amides is 1. The summed E-state index contributed by atoms with van der Waals surface area (Å²) in [4.78, 5) is 16.6. The van der Waals surface area contributed by atoms with Crippen molar-refractivity contribution in [2.24, 2.45) is 0 Å². The normalized spacial score (nSPS) is 11.1. The van der Waals surface area contributed by atoms with Crippen LogP contribution in [0.4, 0.5) is 0 Å². The van der Waals surface area contributed by atoms with E-state index in [0.29, 0.717) is 24.5 Å². The summed E-state index contributed by atoms with van der Waals surface area (Å²) in [6.07, 6.45) is 7.90. The minimum atomic E-state index is -0.149. The third kappa shape index (κ3) is 4.67. The predicted octanol–water partition coefficient (Wildman–Crippen LogP) is 3.03. The smallest absolute Gasteiger partial charge is 0.244 e. The highest BCUT2D eigenvalue weighted by Gasteiger charge is 2.04. The van der Waals surface area contributed by atoms with E-state index in [4.69, 9.17) is 9.47 Å². The summed E-state index contributed by atoms with van der Waals surface area (Å²) >= 11 is 0. The minimum absolute atomic E-state index is 0.149. The Kier molecular flexibility index (Phi) is 5.76. The number of nitrogens with zero attached hydrogens (tertiary/aromatic N) is 2. The van der Waals surface area contributed by atoms with Gasteiger partial charge in [0, 0.05) is 31.4 Å². The molecule has 0 bridgehead atoms. The summed E-state index contributed by atoms with van der Waals surface area (Å²) in [6.45, 7) is 2.57. The number of benzene rings is 1. The highest BCUT2D eigenvalue weighted by atomic mass is 16.5. The summed E-state index contributed by atoms with van der Waals surface area (Å²) in [5, 5.41) is 2.88. The van der Waals surface area contributed by atoms with Crippen LogP contribution in [0.2, 0.25) is 0 Å². The maximum atomic E-state index is 12.0. The first-order valence-corrected chi connectivity index (χ1v) is 8.71. The molecule has 6 nitrogen and oxygen atoms in total. The van der Waals surface area contributed by atoms with Crippen LogP contribution >= 0.6 is 0 Å². The largest absolute Gasteiger partial charge is 0.493 e. The number of nitrogens with one attached hydrogen (secondary N) is 1. The molecule has 140 valence electrons. The van der Waals surface area contributed by atoms with Crippen LogP contribution in [0.5, 0.6) is 11.5 Å². The maximum absolute atomic E-state index is 12.0. The molecule has 2 aromatic heterocycles. The standard InChI is InChI=1S/C21H23N3O3/c1-15-9-11-24-14-17(23-20(24)12-15)8-10-22-21(25)7-5-16-4-6-18(26-2)19(13-16)27-3/h4-7,9,11-14H,8,10H2,1-3H3,(H,22,25)/b7-5+.